The molecule has 1 aromatic carbocycles. The number of carbonyl (C=O) groups excluding carboxylic acids is 2. The van der Waals surface area contributed by atoms with Gasteiger partial charge < -0.3 is 19.7 Å². The topological polar surface area (TPSA) is 67.9 Å². The van der Waals surface area contributed by atoms with Crippen LogP contribution in [0.2, 0.25) is 0 Å². The molecule has 25 heavy (non-hydrogen) atoms. The number of methoxy groups -OCH3 is 1. The maximum absolute atomic E-state index is 12.2. The van der Waals surface area contributed by atoms with Gasteiger partial charge in [0.25, 0.3) is 5.91 Å². The number of nitrogens with zero attached hydrogens (tertiary/aromatic N) is 1. The Morgan fingerprint density at radius 2 is 2.04 bits per heavy atom. The molecule has 0 aliphatic carbocycles. The molecule has 1 amide bonds. The molecule has 0 atom stereocenters. The Balaban J connectivity index is 1.75. The first kappa shape index (κ1) is 17.4. The van der Waals surface area contributed by atoms with Crippen LogP contribution in [0.5, 0.6) is 5.75 Å². The summed E-state index contributed by atoms with van der Waals surface area (Å²) in [7, 11) is 3.39. The van der Waals surface area contributed by atoms with Crippen molar-refractivity contribution in [2.75, 3.05) is 32.6 Å². The van der Waals surface area contributed by atoms with Gasteiger partial charge in [0, 0.05) is 18.0 Å². The van der Waals surface area contributed by atoms with Gasteiger partial charge in [0.15, 0.2) is 6.61 Å². The second-order valence-electron chi connectivity index (χ2n) is 5.84. The number of rotatable bonds is 5. The van der Waals surface area contributed by atoms with Crippen LogP contribution < -0.4 is 10.1 Å². The Hall–Kier alpha value is -2.38. The number of thiophene rings is 1. The second-order valence-corrected chi connectivity index (χ2v) is 6.94. The van der Waals surface area contributed by atoms with Gasteiger partial charge in [0.1, 0.15) is 10.8 Å². The number of anilines is 1. The fraction of sp³-hybridized carbons (Fsp3) is 0.333. The van der Waals surface area contributed by atoms with Crippen LogP contribution in [0, 0.1) is 0 Å². The molecule has 2 aromatic rings. The normalized spacial score (nSPS) is 13.8. The Morgan fingerprint density at radius 3 is 2.76 bits per heavy atom. The Bertz CT molecular complexity index is 773. The van der Waals surface area contributed by atoms with Crippen molar-refractivity contribution in [2.24, 2.45) is 0 Å². The number of likely N-dealkylation sites (N-methyl/N-ethyl adjacent to an activating group) is 1. The van der Waals surface area contributed by atoms with E-state index in [2.05, 4.69) is 10.2 Å². The summed E-state index contributed by atoms with van der Waals surface area (Å²) in [4.78, 5) is 27.7. The van der Waals surface area contributed by atoms with Crippen LogP contribution in [0.1, 0.15) is 20.8 Å². The number of nitrogens with one attached hydrogen (secondary N) is 1. The van der Waals surface area contributed by atoms with Gasteiger partial charge in [0.2, 0.25) is 0 Å². The predicted molar refractivity (Wildman–Crippen MR) is 96.3 cm³/mol. The minimum atomic E-state index is -0.415. The van der Waals surface area contributed by atoms with Gasteiger partial charge in [-0.15, -0.1) is 11.3 Å². The average molecular weight is 360 g/mol. The fourth-order valence-corrected chi connectivity index (χ4v) is 4.10. The highest BCUT2D eigenvalue weighted by molar-refractivity contribution is 7.17. The first-order valence-electron chi connectivity index (χ1n) is 7.97. The standard InChI is InChI=1S/C18H20N2O4S/c1-20-9-8-13-14(10-20)25-17(16(13)18(22)23-2)19-15(21)11-24-12-6-4-3-5-7-12/h3-7H,8-11H2,1-2H3,(H,19,21). The highest BCUT2D eigenvalue weighted by atomic mass is 32.1. The van der Waals surface area contributed by atoms with Crippen molar-refractivity contribution in [3.8, 4) is 5.75 Å². The van der Waals surface area contributed by atoms with Crippen LogP contribution in [0.3, 0.4) is 0 Å². The van der Waals surface area contributed by atoms with Gasteiger partial charge >= 0.3 is 5.97 Å². The lowest BCUT2D eigenvalue weighted by Crippen LogP contribution is -2.26. The molecule has 3 rings (SSSR count). The van der Waals surface area contributed by atoms with Crippen molar-refractivity contribution in [1.82, 2.24) is 4.90 Å². The van der Waals surface area contributed by atoms with Crippen LogP contribution in [0.4, 0.5) is 5.00 Å². The molecule has 0 bridgehead atoms. The van der Waals surface area contributed by atoms with Gasteiger partial charge in [-0.25, -0.2) is 4.79 Å². The van der Waals surface area contributed by atoms with Gasteiger partial charge in [-0.2, -0.15) is 0 Å². The molecule has 1 aromatic heterocycles. The number of amides is 1. The monoisotopic (exact) mass is 360 g/mol. The van der Waals surface area contributed by atoms with Crippen molar-refractivity contribution in [1.29, 1.82) is 0 Å². The van der Waals surface area contributed by atoms with Crippen LogP contribution >= 0.6 is 11.3 Å². The molecule has 7 heteroatoms. The highest BCUT2D eigenvalue weighted by Crippen LogP contribution is 2.37. The molecule has 0 saturated carbocycles. The Labute approximate surface area is 150 Å². The summed E-state index contributed by atoms with van der Waals surface area (Å²) in [6.45, 7) is 1.52. The molecule has 0 unspecified atom stereocenters. The van der Waals surface area contributed by atoms with Crippen molar-refractivity contribution in [3.63, 3.8) is 0 Å². The first-order chi connectivity index (χ1) is 12.1. The zero-order valence-electron chi connectivity index (χ0n) is 14.2. The van der Waals surface area contributed by atoms with Gasteiger partial charge in [-0.3, -0.25) is 4.79 Å². The van der Waals surface area contributed by atoms with Gasteiger partial charge in [-0.1, -0.05) is 18.2 Å². The average Bonchev–Trinajstić information content (AvgIpc) is 2.97. The molecule has 0 saturated heterocycles. The Morgan fingerprint density at radius 1 is 1.28 bits per heavy atom. The summed E-state index contributed by atoms with van der Waals surface area (Å²) in [5.74, 6) is -0.0970. The van der Waals surface area contributed by atoms with Gasteiger partial charge in [0.05, 0.1) is 12.7 Å². The minimum Gasteiger partial charge on any atom is -0.484 e. The summed E-state index contributed by atoms with van der Waals surface area (Å²) >= 11 is 1.43. The van der Waals surface area contributed by atoms with E-state index in [0.717, 1.165) is 30.0 Å². The second kappa shape index (κ2) is 7.67. The van der Waals surface area contributed by atoms with E-state index in [1.807, 2.05) is 25.2 Å². The Kier molecular flexibility index (Phi) is 5.35. The highest BCUT2D eigenvalue weighted by Gasteiger charge is 2.28. The minimum absolute atomic E-state index is 0.118. The SMILES string of the molecule is COC(=O)c1c(NC(=O)COc2ccccc2)sc2c1CCN(C)C2. The molecular formula is C18H20N2O4S. The third-order valence-electron chi connectivity index (χ3n) is 4.00. The number of benzene rings is 1. The summed E-state index contributed by atoms with van der Waals surface area (Å²) < 4.78 is 10.4. The number of esters is 1. The zero-order valence-corrected chi connectivity index (χ0v) is 15.0. The van der Waals surface area contributed by atoms with Crippen LogP contribution in [-0.4, -0.2) is 44.1 Å². The van der Waals surface area contributed by atoms with Crippen LogP contribution in [-0.2, 0) is 22.5 Å². The first-order valence-corrected chi connectivity index (χ1v) is 8.79. The van der Waals surface area contributed by atoms with Crippen molar-refractivity contribution in [2.45, 2.75) is 13.0 Å². The number of para-hydroxylation sites is 1. The quantitative estimate of drug-likeness (QED) is 0.830. The summed E-state index contributed by atoms with van der Waals surface area (Å²) in [5.41, 5.74) is 1.46. The number of carbonyl (C=O) groups is 2. The molecule has 6 nitrogen and oxygen atoms in total. The van der Waals surface area contributed by atoms with E-state index in [0.29, 0.717) is 16.3 Å². The smallest absolute Gasteiger partial charge is 0.341 e. The molecule has 1 aliphatic heterocycles. The number of ether oxygens (including phenoxy) is 2. The van der Waals surface area contributed by atoms with Crippen molar-refractivity contribution < 1.29 is 19.1 Å². The number of fused-ring (bicyclic) bond motifs is 1. The number of hydrogen-bond acceptors (Lipinski definition) is 6. The van der Waals surface area contributed by atoms with E-state index in [4.69, 9.17) is 9.47 Å². The van der Waals surface area contributed by atoms with Crippen LogP contribution in [0.25, 0.3) is 0 Å². The number of hydrogen-bond donors (Lipinski definition) is 1. The summed E-state index contributed by atoms with van der Waals surface area (Å²) in [6, 6.07) is 9.13. The maximum Gasteiger partial charge on any atom is 0.341 e. The molecule has 132 valence electrons. The van der Waals surface area contributed by atoms with E-state index in [9.17, 15) is 9.59 Å². The van der Waals surface area contributed by atoms with Crippen LogP contribution in [0.15, 0.2) is 30.3 Å². The third kappa shape index (κ3) is 4.00. The molecule has 2 heterocycles. The van der Waals surface area contributed by atoms with Gasteiger partial charge in [-0.05, 0) is 31.2 Å². The van der Waals surface area contributed by atoms with Crippen molar-refractivity contribution >= 4 is 28.2 Å². The molecule has 0 spiro atoms. The van der Waals surface area contributed by atoms with Crippen molar-refractivity contribution in [3.05, 3.63) is 46.3 Å². The zero-order chi connectivity index (χ0) is 17.8. The lowest BCUT2D eigenvalue weighted by Gasteiger charge is -2.22. The van der Waals surface area contributed by atoms with E-state index in [1.54, 1.807) is 12.1 Å². The molecule has 0 fully saturated rings. The third-order valence-corrected chi connectivity index (χ3v) is 5.14. The van der Waals surface area contributed by atoms with E-state index >= 15 is 0 Å². The molecule has 1 aliphatic rings. The lowest BCUT2D eigenvalue weighted by atomic mass is 10.0. The molecular weight excluding hydrogens is 340 g/mol. The van der Waals surface area contributed by atoms with E-state index < -0.39 is 5.97 Å². The lowest BCUT2D eigenvalue weighted by molar-refractivity contribution is -0.118. The summed E-state index contributed by atoms with van der Waals surface area (Å²) in [6.07, 6.45) is 0.767. The fourth-order valence-electron chi connectivity index (χ4n) is 2.77. The molecule has 1 N–H and O–H groups in total. The molecule has 0 radical (unpaired) electrons. The summed E-state index contributed by atoms with van der Waals surface area (Å²) in [5, 5.41) is 3.34. The van der Waals surface area contributed by atoms with E-state index in [-0.39, 0.29) is 12.5 Å². The predicted octanol–water partition coefficient (Wildman–Crippen LogP) is 2.54. The van der Waals surface area contributed by atoms with E-state index in [1.165, 1.54) is 18.4 Å². The largest absolute Gasteiger partial charge is 0.484 e. The maximum atomic E-state index is 12.2.